The molecule has 100 valence electrons. The lowest BCUT2D eigenvalue weighted by atomic mass is 9.98. The van der Waals surface area contributed by atoms with E-state index in [0.717, 1.165) is 6.42 Å². The molecule has 0 radical (unpaired) electrons. The van der Waals surface area contributed by atoms with Crippen LogP contribution in [0.1, 0.15) is 34.7 Å². The number of fused-ring (bicyclic) bond motifs is 1. The molecular formula is C16H18BrNS. The van der Waals surface area contributed by atoms with E-state index in [0.29, 0.717) is 6.04 Å². The molecule has 19 heavy (non-hydrogen) atoms. The molecule has 1 aliphatic carbocycles. The Hall–Kier alpha value is -0.640. The zero-order chi connectivity index (χ0) is 13.2. The van der Waals surface area contributed by atoms with E-state index in [-0.39, 0.29) is 0 Å². The van der Waals surface area contributed by atoms with Gasteiger partial charge >= 0.3 is 0 Å². The SMILES string of the molecule is CNC(Cc1ccc2c(c1)CCC2)c1csc(Br)c1. The van der Waals surface area contributed by atoms with E-state index in [4.69, 9.17) is 0 Å². The van der Waals surface area contributed by atoms with Gasteiger partial charge in [0.15, 0.2) is 0 Å². The summed E-state index contributed by atoms with van der Waals surface area (Å²) < 4.78 is 1.21. The average Bonchev–Trinajstić information content (AvgIpc) is 3.04. The highest BCUT2D eigenvalue weighted by Crippen LogP contribution is 2.29. The molecule has 1 aliphatic rings. The van der Waals surface area contributed by atoms with Gasteiger partial charge in [-0.2, -0.15) is 0 Å². The number of benzene rings is 1. The van der Waals surface area contributed by atoms with Gasteiger partial charge in [0.1, 0.15) is 0 Å². The molecule has 1 N–H and O–H groups in total. The second-order valence-electron chi connectivity index (χ2n) is 5.19. The van der Waals surface area contributed by atoms with Gasteiger partial charge < -0.3 is 5.32 Å². The highest BCUT2D eigenvalue weighted by atomic mass is 79.9. The van der Waals surface area contributed by atoms with E-state index in [1.165, 1.54) is 34.2 Å². The molecule has 2 aromatic rings. The molecule has 0 aliphatic heterocycles. The second kappa shape index (κ2) is 5.78. The van der Waals surface area contributed by atoms with Crippen LogP contribution in [0.15, 0.2) is 33.4 Å². The van der Waals surface area contributed by atoms with Gasteiger partial charge in [-0.25, -0.2) is 0 Å². The normalized spacial score (nSPS) is 15.5. The third-order valence-corrected chi connectivity index (χ3v) is 5.46. The van der Waals surface area contributed by atoms with Gasteiger partial charge in [0.25, 0.3) is 0 Å². The average molecular weight is 336 g/mol. The summed E-state index contributed by atoms with van der Waals surface area (Å²) in [6.07, 6.45) is 4.92. The third-order valence-electron chi connectivity index (χ3n) is 3.94. The monoisotopic (exact) mass is 335 g/mol. The number of nitrogens with one attached hydrogen (secondary N) is 1. The van der Waals surface area contributed by atoms with Crippen LogP contribution in [0, 0.1) is 0 Å². The summed E-state index contributed by atoms with van der Waals surface area (Å²) in [6.45, 7) is 0. The van der Waals surface area contributed by atoms with Crippen LogP contribution in [0.2, 0.25) is 0 Å². The number of aryl methyl sites for hydroxylation is 2. The van der Waals surface area contributed by atoms with Crippen molar-refractivity contribution in [1.82, 2.24) is 5.32 Å². The molecule has 0 bridgehead atoms. The number of thiophene rings is 1. The van der Waals surface area contributed by atoms with Crippen LogP contribution in [0.25, 0.3) is 0 Å². The van der Waals surface area contributed by atoms with Gasteiger partial charge in [0, 0.05) is 6.04 Å². The van der Waals surface area contributed by atoms with Crippen LogP contribution >= 0.6 is 27.3 Å². The van der Waals surface area contributed by atoms with Gasteiger partial charge in [-0.3, -0.25) is 0 Å². The van der Waals surface area contributed by atoms with Gasteiger partial charge in [0.2, 0.25) is 0 Å². The summed E-state index contributed by atoms with van der Waals surface area (Å²) in [4.78, 5) is 0. The zero-order valence-electron chi connectivity index (χ0n) is 11.1. The Labute approximate surface area is 127 Å². The first kappa shape index (κ1) is 13.3. The summed E-state index contributed by atoms with van der Waals surface area (Å²) >= 11 is 5.30. The number of hydrogen-bond donors (Lipinski definition) is 1. The number of hydrogen-bond acceptors (Lipinski definition) is 2. The largest absolute Gasteiger partial charge is 0.313 e. The van der Waals surface area contributed by atoms with Crippen LogP contribution in [-0.2, 0) is 19.3 Å². The van der Waals surface area contributed by atoms with Crippen molar-refractivity contribution in [2.45, 2.75) is 31.7 Å². The standard InChI is InChI=1S/C16H18BrNS/c1-18-15(14-9-16(17)19-10-14)8-11-5-6-12-3-2-4-13(12)7-11/h5-7,9-10,15,18H,2-4,8H2,1H3. The first-order valence-electron chi connectivity index (χ1n) is 6.78. The minimum atomic E-state index is 0.405. The molecule has 1 aromatic heterocycles. The fraction of sp³-hybridized carbons (Fsp3) is 0.375. The number of rotatable bonds is 4. The van der Waals surface area contributed by atoms with E-state index >= 15 is 0 Å². The van der Waals surface area contributed by atoms with Crippen molar-refractivity contribution in [3.05, 3.63) is 55.7 Å². The Balaban J connectivity index is 1.79. The first-order chi connectivity index (χ1) is 9.26. The predicted octanol–water partition coefficient (Wildman–Crippen LogP) is 4.50. The Morgan fingerprint density at radius 2 is 2.11 bits per heavy atom. The molecule has 3 rings (SSSR count). The maximum absolute atomic E-state index is 3.55. The van der Waals surface area contributed by atoms with Crippen molar-refractivity contribution in [2.75, 3.05) is 7.05 Å². The Morgan fingerprint density at radius 3 is 2.84 bits per heavy atom. The molecule has 1 nitrogen and oxygen atoms in total. The van der Waals surface area contributed by atoms with Crippen molar-refractivity contribution >= 4 is 27.3 Å². The molecule has 0 amide bonds. The van der Waals surface area contributed by atoms with Crippen molar-refractivity contribution in [2.24, 2.45) is 0 Å². The lowest BCUT2D eigenvalue weighted by Crippen LogP contribution is -2.18. The number of likely N-dealkylation sites (N-methyl/N-ethyl adjacent to an activating group) is 1. The van der Waals surface area contributed by atoms with Crippen LogP contribution in [-0.4, -0.2) is 7.05 Å². The van der Waals surface area contributed by atoms with Gasteiger partial charge in [-0.15, -0.1) is 11.3 Å². The predicted molar refractivity (Wildman–Crippen MR) is 86.0 cm³/mol. The van der Waals surface area contributed by atoms with E-state index in [1.807, 2.05) is 7.05 Å². The van der Waals surface area contributed by atoms with Gasteiger partial charge in [-0.05, 0) is 82.4 Å². The second-order valence-corrected chi connectivity index (χ2v) is 7.48. The summed E-state index contributed by atoms with van der Waals surface area (Å²) in [5.41, 5.74) is 5.95. The molecule has 3 heteroatoms. The molecule has 0 spiro atoms. The van der Waals surface area contributed by atoms with Crippen LogP contribution in [0.3, 0.4) is 0 Å². The van der Waals surface area contributed by atoms with Crippen LogP contribution in [0.5, 0.6) is 0 Å². The Kier molecular flexibility index (Phi) is 4.06. The maximum atomic E-state index is 3.55. The highest BCUT2D eigenvalue weighted by Gasteiger charge is 2.15. The van der Waals surface area contributed by atoms with Gasteiger partial charge in [0.05, 0.1) is 3.79 Å². The van der Waals surface area contributed by atoms with Gasteiger partial charge in [-0.1, -0.05) is 18.2 Å². The zero-order valence-corrected chi connectivity index (χ0v) is 13.5. The fourth-order valence-corrected chi connectivity index (χ4v) is 4.11. The van der Waals surface area contributed by atoms with E-state index < -0.39 is 0 Å². The van der Waals surface area contributed by atoms with E-state index in [9.17, 15) is 0 Å². The lowest BCUT2D eigenvalue weighted by Gasteiger charge is -2.15. The number of halogens is 1. The quantitative estimate of drug-likeness (QED) is 0.867. The Morgan fingerprint density at radius 1 is 1.26 bits per heavy atom. The topological polar surface area (TPSA) is 12.0 Å². The van der Waals surface area contributed by atoms with Crippen molar-refractivity contribution < 1.29 is 0 Å². The summed E-state index contributed by atoms with van der Waals surface area (Å²) in [6, 6.07) is 9.67. The minimum Gasteiger partial charge on any atom is -0.313 e. The summed E-state index contributed by atoms with van der Waals surface area (Å²) in [5, 5.41) is 5.67. The molecule has 1 aromatic carbocycles. The van der Waals surface area contributed by atoms with Crippen molar-refractivity contribution in [3.8, 4) is 0 Å². The molecule has 1 atom stereocenters. The molecule has 0 saturated heterocycles. The molecule has 0 fully saturated rings. The lowest BCUT2D eigenvalue weighted by molar-refractivity contribution is 0.593. The van der Waals surface area contributed by atoms with Crippen LogP contribution < -0.4 is 5.32 Å². The maximum Gasteiger partial charge on any atom is 0.0701 e. The molecule has 1 heterocycles. The smallest absolute Gasteiger partial charge is 0.0701 e. The first-order valence-corrected chi connectivity index (χ1v) is 8.45. The highest BCUT2D eigenvalue weighted by molar-refractivity contribution is 9.11. The fourth-order valence-electron chi connectivity index (χ4n) is 2.88. The van der Waals surface area contributed by atoms with Crippen molar-refractivity contribution in [1.29, 1.82) is 0 Å². The summed E-state index contributed by atoms with van der Waals surface area (Å²) in [7, 11) is 2.05. The summed E-state index contributed by atoms with van der Waals surface area (Å²) in [5.74, 6) is 0. The van der Waals surface area contributed by atoms with E-state index in [1.54, 1.807) is 22.5 Å². The van der Waals surface area contributed by atoms with Crippen molar-refractivity contribution in [3.63, 3.8) is 0 Å². The minimum absolute atomic E-state index is 0.405. The Bertz CT molecular complexity index is 576. The molecule has 1 unspecified atom stereocenters. The van der Waals surface area contributed by atoms with E-state index in [2.05, 4.69) is 50.9 Å². The molecular weight excluding hydrogens is 318 g/mol. The van der Waals surface area contributed by atoms with Crippen LogP contribution in [0.4, 0.5) is 0 Å². The molecule has 0 saturated carbocycles. The third kappa shape index (κ3) is 2.93.